The highest BCUT2D eigenvalue weighted by Gasteiger charge is 2.27. The Labute approximate surface area is 118 Å². The number of urea groups is 1. The van der Waals surface area contributed by atoms with Crippen molar-refractivity contribution < 1.29 is 4.79 Å². The average Bonchev–Trinajstić information content (AvgIpc) is 2.99. The van der Waals surface area contributed by atoms with Crippen molar-refractivity contribution in [3.63, 3.8) is 0 Å². The van der Waals surface area contributed by atoms with Gasteiger partial charge in [0, 0.05) is 25.2 Å². The number of pyridine rings is 1. The van der Waals surface area contributed by atoms with E-state index >= 15 is 0 Å². The van der Waals surface area contributed by atoms with Gasteiger partial charge in [-0.2, -0.15) is 0 Å². The molecule has 2 amide bonds. The van der Waals surface area contributed by atoms with Crippen LogP contribution in [0.2, 0.25) is 0 Å². The maximum atomic E-state index is 12.2. The third-order valence-corrected chi connectivity index (χ3v) is 3.66. The first-order valence-corrected chi connectivity index (χ1v) is 6.84. The molecule has 1 aromatic heterocycles. The fraction of sp³-hybridized carbons (Fsp3) is 0.250. The number of rotatable bonds is 2. The topological polar surface area (TPSA) is 45.2 Å². The minimum atomic E-state index is -0.0450. The summed E-state index contributed by atoms with van der Waals surface area (Å²) < 4.78 is 0. The normalized spacial score (nSPS) is 18.0. The van der Waals surface area contributed by atoms with Crippen molar-refractivity contribution in [3.05, 3.63) is 60.4 Å². The van der Waals surface area contributed by atoms with E-state index in [-0.39, 0.29) is 6.03 Å². The molecule has 0 radical (unpaired) electrons. The lowest BCUT2D eigenvalue weighted by Crippen LogP contribution is -2.32. The zero-order valence-electron chi connectivity index (χ0n) is 11.2. The van der Waals surface area contributed by atoms with Crippen LogP contribution in [0.15, 0.2) is 54.9 Å². The van der Waals surface area contributed by atoms with Crippen LogP contribution in [-0.2, 0) is 0 Å². The van der Waals surface area contributed by atoms with Crippen molar-refractivity contribution in [1.82, 2.24) is 9.88 Å². The Hall–Kier alpha value is -2.36. The lowest BCUT2D eigenvalue weighted by molar-refractivity contribution is 0.222. The maximum absolute atomic E-state index is 12.2. The summed E-state index contributed by atoms with van der Waals surface area (Å²) in [4.78, 5) is 18.0. The highest BCUT2D eigenvalue weighted by atomic mass is 16.2. The number of benzene rings is 1. The quantitative estimate of drug-likeness (QED) is 0.908. The molecule has 4 nitrogen and oxygen atoms in total. The summed E-state index contributed by atoms with van der Waals surface area (Å²) in [5, 5.41) is 2.88. The molecule has 3 rings (SSSR count). The Balaban J connectivity index is 1.61. The van der Waals surface area contributed by atoms with Crippen LogP contribution in [0.3, 0.4) is 0 Å². The number of hydrogen-bond acceptors (Lipinski definition) is 2. The maximum Gasteiger partial charge on any atom is 0.321 e. The number of aromatic nitrogens is 1. The van der Waals surface area contributed by atoms with Crippen LogP contribution in [0, 0.1) is 0 Å². The van der Waals surface area contributed by atoms with Gasteiger partial charge in [0.05, 0.1) is 11.9 Å². The Kier molecular flexibility index (Phi) is 3.63. The summed E-state index contributed by atoms with van der Waals surface area (Å²) in [5.41, 5.74) is 2.05. The van der Waals surface area contributed by atoms with E-state index in [4.69, 9.17) is 0 Å². The molecular weight excluding hydrogens is 250 g/mol. The van der Waals surface area contributed by atoms with Crippen LogP contribution >= 0.6 is 0 Å². The van der Waals surface area contributed by atoms with Gasteiger partial charge < -0.3 is 10.2 Å². The van der Waals surface area contributed by atoms with E-state index in [1.807, 2.05) is 35.2 Å². The summed E-state index contributed by atoms with van der Waals surface area (Å²) in [7, 11) is 0. The van der Waals surface area contributed by atoms with Crippen molar-refractivity contribution in [1.29, 1.82) is 0 Å². The summed E-state index contributed by atoms with van der Waals surface area (Å²) in [5.74, 6) is 0.441. The second-order valence-corrected chi connectivity index (χ2v) is 5.01. The van der Waals surface area contributed by atoms with Crippen LogP contribution in [0.4, 0.5) is 10.5 Å². The van der Waals surface area contributed by atoms with Gasteiger partial charge in [0.2, 0.25) is 0 Å². The molecule has 1 saturated heterocycles. The lowest BCUT2D eigenvalue weighted by Gasteiger charge is -2.17. The summed E-state index contributed by atoms with van der Waals surface area (Å²) in [6.07, 6.45) is 4.37. The van der Waals surface area contributed by atoms with Crippen LogP contribution < -0.4 is 5.32 Å². The second-order valence-electron chi connectivity index (χ2n) is 5.01. The molecule has 2 heterocycles. The molecule has 4 heteroatoms. The van der Waals surface area contributed by atoms with E-state index in [9.17, 15) is 4.79 Å². The Morgan fingerprint density at radius 2 is 2.05 bits per heavy atom. The molecule has 0 saturated carbocycles. The molecule has 1 aliphatic heterocycles. The van der Waals surface area contributed by atoms with Gasteiger partial charge >= 0.3 is 6.03 Å². The SMILES string of the molecule is O=C(Nc1cccnc1)N1CCC(c2ccccc2)C1. The standard InChI is InChI=1S/C16H17N3O/c20-16(18-15-7-4-9-17-11-15)19-10-8-14(12-19)13-5-2-1-3-6-13/h1-7,9,11,14H,8,10,12H2,(H,18,20). The van der Waals surface area contributed by atoms with Crippen molar-refractivity contribution >= 4 is 11.7 Å². The molecule has 1 aliphatic rings. The van der Waals surface area contributed by atoms with Crippen LogP contribution in [0.25, 0.3) is 0 Å². The fourth-order valence-corrected chi connectivity index (χ4v) is 2.58. The third-order valence-electron chi connectivity index (χ3n) is 3.66. The van der Waals surface area contributed by atoms with Crippen LogP contribution in [-0.4, -0.2) is 29.0 Å². The van der Waals surface area contributed by atoms with E-state index in [0.29, 0.717) is 5.92 Å². The number of amides is 2. The van der Waals surface area contributed by atoms with Crippen molar-refractivity contribution in [2.24, 2.45) is 0 Å². The molecule has 1 N–H and O–H groups in total. The number of carbonyl (C=O) groups is 1. The van der Waals surface area contributed by atoms with Crippen molar-refractivity contribution in [3.8, 4) is 0 Å². The van der Waals surface area contributed by atoms with Gasteiger partial charge in [0.25, 0.3) is 0 Å². The number of carbonyl (C=O) groups excluding carboxylic acids is 1. The van der Waals surface area contributed by atoms with Crippen molar-refractivity contribution in [2.75, 3.05) is 18.4 Å². The molecule has 0 aliphatic carbocycles. The smallest absolute Gasteiger partial charge is 0.321 e. The largest absolute Gasteiger partial charge is 0.324 e. The number of nitrogens with one attached hydrogen (secondary N) is 1. The lowest BCUT2D eigenvalue weighted by atomic mass is 9.99. The molecular formula is C16H17N3O. The Morgan fingerprint density at radius 1 is 1.20 bits per heavy atom. The fourth-order valence-electron chi connectivity index (χ4n) is 2.58. The summed E-state index contributed by atoms with van der Waals surface area (Å²) in [6.45, 7) is 1.57. The second kappa shape index (κ2) is 5.74. The molecule has 0 spiro atoms. The number of nitrogens with zero attached hydrogens (tertiary/aromatic N) is 2. The molecule has 102 valence electrons. The van der Waals surface area contributed by atoms with Crippen LogP contribution in [0.1, 0.15) is 17.9 Å². The zero-order chi connectivity index (χ0) is 13.8. The van der Waals surface area contributed by atoms with Gasteiger partial charge in [-0.05, 0) is 24.1 Å². The molecule has 1 aromatic carbocycles. The molecule has 1 unspecified atom stereocenters. The van der Waals surface area contributed by atoms with Gasteiger partial charge in [-0.3, -0.25) is 4.98 Å². The number of anilines is 1. The van der Waals surface area contributed by atoms with E-state index in [2.05, 4.69) is 22.4 Å². The van der Waals surface area contributed by atoms with Gasteiger partial charge in [0.15, 0.2) is 0 Å². The third kappa shape index (κ3) is 2.79. The van der Waals surface area contributed by atoms with Gasteiger partial charge in [0.1, 0.15) is 0 Å². The van der Waals surface area contributed by atoms with Gasteiger partial charge in [-0.25, -0.2) is 4.79 Å². The minimum absolute atomic E-state index is 0.0450. The Morgan fingerprint density at radius 3 is 2.80 bits per heavy atom. The number of likely N-dealkylation sites (tertiary alicyclic amines) is 1. The molecule has 2 aromatic rings. The predicted molar refractivity (Wildman–Crippen MR) is 78.6 cm³/mol. The van der Waals surface area contributed by atoms with Gasteiger partial charge in [-0.15, -0.1) is 0 Å². The Bertz CT molecular complexity index is 571. The molecule has 1 fully saturated rings. The first kappa shape index (κ1) is 12.7. The summed E-state index contributed by atoms with van der Waals surface area (Å²) >= 11 is 0. The minimum Gasteiger partial charge on any atom is -0.324 e. The van der Waals surface area contributed by atoms with E-state index < -0.39 is 0 Å². The van der Waals surface area contributed by atoms with E-state index in [1.54, 1.807) is 12.4 Å². The van der Waals surface area contributed by atoms with E-state index in [1.165, 1.54) is 5.56 Å². The predicted octanol–water partition coefficient (Wildman–Crippen LogP) is 3.10. The highest BCUT2D eigenvalue weighted by Crippen LogP contribution is 2.27. The molecule has 20 heavy (non-hydrogen) atoms. The summed E-state index contributed by atoms with van der Waals surface area (Å²) in [6, 6.07) is 14.0. The van der Waals surface area contributed by atoms with E-state index in [0.717, 1.165) is 25.2 Å². The zero-order valence-corrected chi connectivity index (χ0v) is 11.2. The number of hydrogen-bond donors (Lipinski definition) is 1. The first-order chi connectivity index (χ1) is 9.83. The highest BCUT2D eigenvalue weighted by molar-refractivity contribution is 5.89. The monoisotopic (exact) mass is 267 g/mol. The van der Waals surface area contributed by atoms with Gasteiger partial charge in [-0.1, -0.05) is 30.3 Å². The molecule has 0 bridgehead atoms. The van der Waals surface area contributed by atoms with Crippen molar-refractivity contribution in [2.45, 2.75) is 12.3 Å². The van der Waals surface area contributed by atoms with Crippen LogP contribution in [0.5, 0.6) is 0 Å². The molecule has 1 atom stereocenters. The first-order valence-electron chi connectivity index (χ1n) is 6.84. The average molecular weight is 267 g/mol.